The highest BCUT2D eigenvalue weighted by Gasteiger charge is 2.25. The van der Waals surface area contributed by atoms with Crippen molar-refractivity contribution >= 4 is 61.1 Å². The molecule has 4 heterocycles. The summed E-state index contributed by atoms with van der Waals surface area (Å²) in [5.41, 5.74) is 2.30. The van der Waals surface area contributed by atoms with Gasteiger partial charge < -0.3 is 14.2 Å². The van der Waals surface area contributed by atoms with E-state index in [1.807, 2.05) is 54.4 Å². The Morgan fingerprint density at radius 1 is 0.969 bits per heavy atom. The second kappa shape index (κ2) is 6.96. The first-order valence-electron chi connectivity index (χ1n) is 9.72. The molecule has 32 heavy (non-hydrogen) atoms. The van der Waals surface area contributed by atoms with Crippen molar-refractivity contribution in [1.82, 2.24) is 14.0 Å². The van der Waals surface area contributed by atoms with E-state index in [1.165, 1.54) is 22.7 Å². The van der Waals surface area contributed by atoms with Crippen LogP contribution in [0.4, 0.5) is 5.69 Å². The molecule has 10 heteroatoms. The second-order valence-corrected chi connectivity index (χ2v) is 10.4. The van der Waals surface area contributed by atoms with Crippen molar-refractivity contribution in [2.24, 2.45) is 7.05 Å². The van der Waals surface area contributed by atoms with Gasteiger partial charge in [-0.15, -0.1) is 11.3 Å². The molecule has 0 fully saturated rings. The van der Waals surface area contributed by atoms with Crippen LogP contribution in [0.5, 0.6) is 5.75 Å². The number of aromatic nitrogens is 3. The van der Waals surface area contributed by atoms with Gasteiger partial charge in [0, 0.05) is 25.1 Å². The average Bonchev–Trinajstić information content (AvgIpc) is 3.50. The largest absolute Gasteiger partial charge is 0.497 e. The van der Waals surface area contributed by atoms with Crippen molar-refractivity contribution in [3.8, 4) is 5.75 Å². The number of thiazole rings is 2. The van der Waals surface area contributed by atoms with E-state index in [0.717, 1.165) is 32.4 Å². The molecule has 0 aliphatic carbocycles. The molecule has 1 aliphatic rings. The van der Waals surface area contributed by atoms with Crippen molar-refractivity contribution in [3.05, 3.63) is 76.9 Å². The fourth-order valence-corrected chi connectivity index (χ4v) is 7.48. The predicted molar refractivity (Wildman–Crippen MR) is 130 cm³/mol. The Balaban J connectivity index is 1.66. The molecule has 0 radical (unpaired) electrons. The number of methoxy groups -OCH3 is 1. The maximum absolute atomic E-state index is 13.3. The zero-order valence-electron chi connectivity index (χ0n) is 17.3. The molecule has 6 rings (SSSR count). The number of nitrogens with zero attached hydrogens (tertiary/aromatic N) is 4. The number of para-hydroxylation sites is 2. The van der Waals surface area contributed by atoms with Crippen LogP contribution in [0.15, 0.2) is 56.9 Å². The minimum atomic E-state index is -0.146. The first kappa shape index (κ1) is 19.6. The quantitative estimate of drug-likeness (QED) is 0.368. The van der Waals surface area contributed by atoms with Crippen molar-refractivity contribution < 1.29 is 4.74 Å². The summed E-state index contributed by atoms with van der Waals surface area (Å²) >= 11 is 4.22. The smallest absolute Gasteiger partial charge is 0.277 e. The van der Waals surface area contributed by atoms with Gasteiger partial charge in [0.25, 0.3) is 11.1 Å². The van der Waals surface area contributed by atoms with Gasteiger partial charge in [0.2, 0.25) is 0 Å². The number of ether oxygens (including phenoxy) is 1. The zero-order valence-corrected chi connectivity index (χ0v) is 19.7. The van der Waals surface area contributed by atoms with Crippen molar-refractivity contribution in [1.29, 1.82) is 0 Å². The maximum atomic E-state index is 13.3. The number of anilines is 1. The van der Waals surface area contributed by atoms with E-state index in [4.69, 9.17) is 4.74 Å². The molecular weight excluding hydrogens is 464 g/mol. The molecule has 0 bridgehead atoms. The summed E-state index contributed by atoms with van der Waals surface area (Å²) in [6.07, 6.45) is 0. The van der Waals surface area contributed by atoms with Crippen molar-refractivity contribution in [2.45, 2.75) is 4.90 Å². The Hall–Kier alpha value is -3.08. The fraction of sp³-hybridized carbons (Fsp3) is 0.136. The second-order valence-electron chi connectivity index (χ2n) is 7.36. The minimum absolute atomic E-state index is 0.116. The highest BCUT2D eigenvalue weighted by molar-refractivity contribution is 8.08. The highest BCUT2D eigenvalue weighted by atomic mass is 32.2. The number of benzene rings is 2. The van der Waals surface area contributed by atoms with Crippen LogP contribution in [0.25, 0.3) is 21.0 Å². The lowest BCUT2D eigenvalue weighted by molar-refractivity contribution is 0.414. The summed E-state index contributed by atoms with van der Waals surface area (Å²) in [5, 5.41) is 0.851. The van der Waals surface area contributed by atoms with Crippen molar-refractivity contribution in [2.75, 3.05) is 19.1 Å². The lowest BCUT2D eigenvalue weighted by atomic mass is 10.3. The van der Waals surface area contributed by atoms with E-state index in [0.29, 0.717) is 18.7 Å². The van der Waals surface area contributed by atoms with Crippen LogP contribution in [-0.4, -0.2) is 28.1 Å². The van der Waals surface area contributed by atoms with Gasteiger partial charge in [0.15, 0.2) is 4.96 Å². The van der Waals surface area contributed by atoms with Crippen LogP contribution in [0, 0.1) is 9.20 Å². The number of fused-ring (bicyclic) bond motifs is 4. The first-order valence-corrected chi connectivity index (χ1v) is 12.2. The molecule has 0 N–H and O–H groups in total. The van der Waals surface area contributed by atoms with E-state index in [1.54, 1.807) is 34.9 Å². The van der Waals surface area contributed by atoms with Crippen LogP contribution in [0.1, 0.15) is 0 Å². The Labute approximate surface area is 193 Å². The molecule has 7 nitrogen and oxygen atoms in total. The monoisotopic (exact) mass is 480 g/mol. The predicted octanol–water partition coefficient (Wildman–Crippen LogP) is 2.99. The summed E-state index contributed by atoms with van der Waals surface area (Å²) < 4.78 is 10.3. The number of hydrogen-bond acceptors (Lipinski definition) is 8. The Morgan fingerprint density at radius 3 is 2.59 bits per heavy atom. The number of thioether (sulfide) groups is 1. The third kappa shape index (κ3) is 2.63. The summed E-state index contributed by atoms with van der Waals surface area (Å²) in [6, 6.07) is 13.4. The molecule has 0 spiro atoms. The summed E-state index contributed by atoms with van der Waals surface area (Å²) in [5.74, 6) is 0.766. The minimum Gasteiger partial charge on any atom is -0.497 e. The maximum Gasteiger partial charge on any atom is 0.277 e. The molecule has 3 aromatic heterocycles. The fourth-order valence-electron chi connectivity index (χ4n) is 3.88. The molecule has 0 saturated carbocycles. The summed E-state index contributed by atoms with van der Waals surface area (Å²) in [4.78, 5) is 34.8. The van der Waals surface area contributed by atoms with E-state index in [-0.39, 0.29) is 11.1 Å². The van der Waals surface area contributed by atoms with Crippen LogP contribution < -0.4 is 25.3 Å². The highest BCUT2D eigenvalue weighted by Crippen LogP contribution is 2.46. The van der Waals surface area contributed by atoms with E-state index in [9.17, 15) is 9.59 Å². The van der Waals surface area contributed by atoms with Gasteiger partial charge >= 0.3 is 0 Å². The standard InChI is InChI=1S/C22H16N4O3S3/c1-24-14-10-11(29-3)8-9-15(14)30-20(24)16-18(27)25(2)21(31-16)17-19(28)26-13-7-5-4-6-12(13)23-22(26)32-17/h4-10H,1-3H3. The van der Waals surface area contributed by atoms with Gasteiger partial charge in [-0.2, -0.15) is 0 Å². The van der Waals surface area contributed by atoms with Gasteiger partial charge in [0.1, 0.15) is 24.5 Å². The number of hydrogen-bond donors (Lipinski definition) is 0. The molecule has 0 atom stereocenters. The molecule has 1 aliphatic heterocycles. The molecular formula is C22H16N4O3S3. The van der Waals surface area contributed by atoms with E-state index < -0.39 is 0 Å². The van der Waals surface area contributed by atoms with Gasteiger partial charge in [-0.1, -0.05) is 35.2 Å². The van der Waals surface area contributed by atoms with Gasteiger partial charge in [-0.05, 0) is 24.3 Å². The normalized spacial score (nSPS) is 16.3. The third-order valence-corrected chi connectivity index (χ3v) is 9.32. The zero-order chi connectivity index (χ0) is 22.1. The Kier molecular flexibility index (Phi) is 4.26. The SMILES string of the molecule is COc1ccc2c(c1)N(C)C(=c1sc(=c3sc4nc5ccccc5n4c3=O)n(C)c1=O)S2. The molecule has 0 saturated heterocycles. The van der Waals surface area contributed by atoms with E-state index >= 15 is 0 Å². The van der Waals surface area contributed by atoms with Gasteiger partial charge in [-0.3, -0.25) is 9.59 Å². The van der Waals surface area contributed by atoms with Crippen LogP contribution in [0.3, 0.4) is 0 Å². The average molecular weight is 481 g/mol. The lowest BCUT2D eigenvalue weighted by Crippen LogP contribution is -2.30. The number of imidazole rings is 1. The lowest BCUT2D eigenvalue weighted by Gasteiger charge is -2.13. The van der Waals surface area contributed by atoms with Gasteiger partial charge in [0.05, 0.1) is 23.8 Å². The molecule has 5 aromatic rings. The van der Waals surface area contributed by atoms with Crippen LogP contribution in [-0.2, 0) is 7.05 Å². The molecule has 160 valence electrons. The van der Waals surface area contributed by atoms with Crippen LogP contribution >= 0.6 is 34.4 Å². The topological polar surface area (TPSA) is 68.8 Å². The Morgan fingerprint density at radius 2 is 1.78 bits per heavy atom. The molecule has 0 unspecified atom stereocenters. The Bertz CT molecular complexity index is 1830. The van der Waals surface area contributed by atoms with Gasteiger partial charge in [-0.25, -0.2) is 9.38 Å². The summed E-state index contributed by atoms with van der Waals surface area (Å²) in [7, 11) is 5.29. The van der Waals surface area contributed by atoms with E-state index in [2.05, 4.69) is 4.98 Å². The van der Waals surface area contributed by atoms with Crippen molar-refractivity contribution in [3.63, 3.8) is 0 Å². The van der Waals surface area contributed by atoms with Crippen LogP contribution in [0.2, 0.25) is 0 Å². The molecule has 2 aromatic carbocycles. The molecule has 0 amide bonds. The summed E-state index contributed by atoms with van der Waals surface area (Å²) in [6.45, 7) is 0. The first-order chi connectivity index (χ1) is 15.5. The number of rotatable bonds is 1. The third-order valence-electron chi connectivity index (χ3n) is 5.55.